The smallest absolute Gasteiger partial charge is 0.335 e. The highest BCUT2D eigenvalue weighted by atomic mass is 16.5. The Balaban J connectivity index is 1.97. The van der Waals surface area contributed by atoms with E-state index in [0.29, 0.717) is 19.7 Å². The zero-order valence-corrected chi connectivity index (χ0v) is 19.0. The molecule has 1 saturated heterocycles. The van der Waals surface area contributed by atoms with E-state index in [0.717, 1.165) is 44.2 Å². The number of carboxylic acids is 1. The zero-order chi connectivity index (χ0) is 22.9. The number of aliphatic imine (C=N–C) groups is 1. The number of carbonyl (C=O) groups is 2. The van der Waals surface area contributed by atoms with Crippen molar-refractivity contribution in [2.24, 2.45) is 4.99 Å². The van der Waals surface area contributed by atoms with Crippen molar-refractivity contribution in [2.75, 3.05) is 58.3 Å². The van der Waals surface area contributed by atoms with Gasteiger partial charge in [-0.25, -0.2) is 4.79 Å². The maximum Gasteiger partial charge on any atom is 0.335 e. The van der Waals surface area contributed by atoms with Crippen molar-refractivity contribution in [3.05, 3.63) is 29.8 Å². The van der Waals surface area contributed by atoms with Gasteiger partial charge in [-0.2, -0.15) is 0 Å². The number of aromatic carboxylic acids is 1. The monoisotopic (exact) mass is 433 g/mol. The van der Waals surface area contributed by atoms with Crippen LogP contribution in [0.15, 0.2) is 29.3 Å². The highest BCUT2D eigenvalue weighted by Gasteiger charge is 2.23. The van der Waals surface area contributed by atoms with Gasteiger partial charge >= 0.3 is 5.97 Å². The first-order chi connectivity index (χ1) is 14.7. The number of guanidine groups is 1. The summed E-state index contributed by atoms with van der Waals surface area (Å²) in [5, 5.41) is 15.4. The van der Waals surface area contributed by atoms with Crippen LogP contribution >= 0.6 is 0 Å². The lowest BCUT2D eigenvalue weighted by molar-refractivity contribution is -0.123. The third kappa shape index (κ3) is 8.94. The Kier molecular flexibility index (Phi) is 9.26. The second-order valence-corrected chi connectivity index (χ2v) is 8.62. The van der Waals surface area contributed by atoms with E-state index in [9.17, 15) is 9.59 Å². The maximum atomic E-state index is 12.2. The van der Waals surface area contributed by atoms with Crippen LogP contribution in [0.25, 0.3) is 0 Å². The second-order valence-electron chi connectivity index (χ2n) is 8.62. The summed E-state index contributed by atoms with van der Waals surface area (Å²) in [6.07, 6.45) is 0.812. The Morgan fingerprint density at radius 1 is 1.13 bits per heavy atom. The van der Waals surface area contributed by atoms with Crippen molar-refractivity contribution in [3.63, 3.8) is 0 Å². The number of rotatable bonds is 8. The molecule has 0 saturated carbocycles. The van der Waals surface area contributed by atoms with Crippen LogP contribution in [0.5, 0.6) is 0 Å². The molecule has 0 aromatic heterocycles. The molecule has 0 atom stereocenters. The van der Waals surface area contributed by atoms with Crippen LogP contribution in [0.1, 0.15) is 37.6 Å². The molecule has 2 rings (SSSR count). The molecule has 0 spiro atoms. The Morgan fingerprint density at radius 3 is 2.32 bits per heavy atom. The molecular formula is C22H35N5O4. The molecule has 0 radical (unpaired) electrons. The van der Waals surface area contributed by atoms with Crippen molar-refractivity contribution >= 4 is 23.5 Å². The number of piperazine rings is 1. The summed E-state index contributed by atoms with van der Waals surface area (Å²) < 4.78 is 5.11. The molecule has 172 valence electrons. The van der Waals surface area contributed by atoms with E-state index >= 15 is 0 Å². The lowest BCUT2D eigenvalue weighted by atomic mass is 10.1. The van der Waals surface area contributed by atoms with Crippen LogP contribution in [0.3, 0.4) is 0 Å². The predicted molar refractivity (Wildman–Crippen MR) is 122 cm³/mol. The first kappa shape index (κ1) is 24.6. The molecule has 1 aromatic carbocycles. The van der Waals surface area contributed by atoms with Gasteiger partial charge in [-0.1, -0.05) is 0 Å². The van der Waals surface area contributed by atoms with Crippen LogP contribution in [-0.4, -0.2) is 91.3 Å². The van der Waals surface area contributed by atoms with Gasteiger partial charge in [0.1, 0.15) is 0 Å². The Labute approximate surface area is 184 Å². The molecule has 1 fully saturated rings. The summed E-state index contributed by atoms with van der Waals surface area (Å²) in [6, 6.07) is 6.61. The Morgan fingerprint density at radius 2 is 1.77 bits per heavy atom. The van der Waals surface area contributed by atoms with Gasteiger partial charge in [0.05, 0.1) is 12.1 Å². The van der Waals surface area contributed by atoms with Crippen LogP contribution in [0.2, 0.25) is 0 Å². The average Bonchev–Trinajstić information content (AvgIpc) is 2.70. The molecule has 1 aromatic rings. The van der Waals surface area contributed by atoms with E-state index in [4.69, 9.17) is 14.8 Å². The van der Waals surface area contributed by atoms with Gasteiger partial charge in [0, 0.05) is 57.7 Å². The first-order valence-electron chi connectivity index (χ1n) is 10.6. The predicted octanol–water partition coefficient (Wildman–Crippen LogP) is 1.72. The molecular weight excluding hydrogens is 398 g/mol. The molecule has 9 heteroatoms. The fourth-order valence-corrected chi connectivity index (χ4v) is 3.22. The molecule has 31 heavy (non-hydrogen) atoms. The number of amides is 1. The zero-order valence-electron chi connectivity index (χ0n) is 19.0. The van der Waals surface area contributed by atoms with E-state index in [-0.39, 0.29) is 17.0 Å². The molecule has 1 aliphatic rings. The van der Waals surface area contributed by atoms with Crippen molar-refractivity contribution in [3.8, 4) is 0 Å². The number of nitrogens with zero attached hydrogens (tertiary/aromatic N) is 3. The average molecular weight is 434 g/mol. The highest BCUT2D eigenvalue weighted by molar-refractivity contribution is 5.94. The number of methoxy groups -OCH3 is 1. The minimum atomic E-state index is -0.952. The van der Waals surface area contributed by atoms with E-state index in [1.54, 1.807) is 31.4 Å². The maximum absolute atomic E-state index is 12.2. The topological polar surface area (TPSA) is 106 Å². The number of nitrogens with one attached hydrogen (secondary N) is 2. The third-order valence-electron chi connectivity index (χ3n) is 4.71. The highest BCUT2D eigenvalue weighted by Crippen LogP contribution is 2.12. The van der Waals surface area contributed by atoms with Gasteiger partial charge in [0.15, 0.2) is 5.96 Å². The van der Waals surface area contributed by atoms with Gasteiger partial charge in [-0.15, -0.1) is 0 Å². The molecule has 1 aliphatic heterocycles. The summed E-state index contributed by atoms with van der Waals surface area (Å²) in [4.78, 5) is 32.3. The number of hydrogen-bond acceptors (Lipinski definition) is 5. The molecule has 1 heterocycles. The fourth-order valence-electron chi connectivity index (χ4n) is 3.22. The van der Waals surface area contributed by atoms with E-state index in [2.05, 4.69) is 20.4 Å². The van der Waals surface area contributed by atoms with E-state index in [1.165, 1.54) is 0 Å². The molecule has 0 bridgehead atoms. The number of ether oxygens (including phenoxy) is 1. The van der Waals surface area contributed by atoms with Gasteiger partial charge in [-0.3, -0.25) is 14.7 Å². The molecule has 1 amide bonds. The molecule has 0 unspecified atom stereocenters. The second kappa shape index (κ2) is 11.7. The largest absolute Gasteiger partial charge is 0.478 e. The Hall–Kier alpha value is -2.65. The van der Waals surface area contributed by atoms with E-state index in [1.807, 2.05) is 20.8 Å². The SMILES string of the molecule is COCCCN=C(Nc1ccc(C(=O)O)cc1)N1CCN(CC(=O)NC(C)(C)C)CC1. The number of hydrogen-bond donors (Lipinski definition) is 3. The summed E-state index contributed by atoms with van der Waals surface area (Å²) in [5.74, 6) is -0.171. The van der Waals surface area contributed by atoms with Crippen LogP contribution in [-0.2, 0) is 9.53 Å². The van der Waals surface area contributed by atoms with Crippen molar-refractivity contribution in [1.29, 1.82) is 0 Å². The van der Waals surface area contributed by atoms with Crippen LogP contribution in [0, 0.1) is 0 Å². The molecule has 0 aliphatic carbocycles. The van der Waals surface area contributed by atoms with Crippen molar-refractivity contribution in [2.45, 2.75) is 32.7 Å². The number of carbonyl (C=O) groups excluding carboxylic acids is 1. The fraction of sp³-hybridized carbons (Fsp3) is 0.591. The van der Waals surface area contributed by atoms with Gasteiger partial charge in [0.25, 0.3) is 0 Å². The van der Waals surface area contributed by atoms with Crippen molar-refractivity contribution < 1.29 is 19.4 Å². The minimum Gasteiger partial charge on any atom is -0.478 e. The molecule has 9 nitrogen and oxygen atoms in total. The van der Waals surface area contributed by atoms with Crippen molar-refractivity contribution in [1.82, 2.24) is 15.1 Å². The summed E-state index contributed by atoms with van der Waals surface area (Å²) in [7, 11) is 1.67. The van der Waals surface area contributed by atoms with Gasteiger partial charge in [0.2, 0.25) is 5.91 Å². The lowest BCUT2D eigenvalue weighted by Gasteiger charge is -2.36. The van der Waals surface area contributed by atoms with Gasteiger partial charge in [-0.05, 0) is 51.5 Å². The summed E-state index contributed by atoms with van der Waals surface area (Å²) in [5.41, 5.74) is 0.787. The number of anilines is 1. The van der Waals surface area contributed by atoms with E-state index < -0.39 is 5.97 Å². The number of benzene rings is 1. The summed E-state index contributed by atoms with van der Waals surface area (Å²) in [6.45, 7) is 10.6. The minimum absolute atomic E-state index is 0.0334. The molecule has 3 N–H and O–H groups in total. The van der Waals surface area contributed by atoms with Crippen LogP contribution < -0.4 is 10.6 Å². The standard InChI is InChI=1S/C22H35N5O4/c1-22(2,3)25-19(28)16-26-11-13-27(14-12-26)21(23-10-5-15-31-4)24-18-8-6-17(7-9-18)20(29)30/h6-9H,5,10-16H2,1-4H3,(H,23,24)(H,25,28)(H,29,30). The quantitative estimate of drug-likeness (QED) is 0.326. The normalized spacial score (nSPS) is 15.6. The van der Waals surface area contributed by atoms with Crippen LogP contribution in [0.4, 0.5) is 5.69 Å². The summed E-state index contributed by atoms with van der Waals surface area (Å²) >= 11 is 0. The third-order valence-corrected chi connectivity index (χ3v) is 4.71. The first-order valence-corrected chi connectivity index (χ1v) is 10.6. The Bertz CT molecular complexity index is 750. The lowest BCUT2D eigenvalue weighted by Crippen LogP contribution is -2.54. The van der Waals surface area contributed by atoms with Gasteiger partial charge < -0.3 is 25.4 Å². The number of carboxylic acid groups (broad SMARTS) is 1.